The first-order valence-corrected chi connectivity index (χ1v) is 6.35. The highest BCUT2D eigenvalue weighted by atomic mass is 16.6. The lowest BCUT2D eigenvalue weighted by atomic mass is 10.0. The van der Waals surface area contributed by atoms with E-state index in [1.165, 1.54) is 0 Å². The van der Waals surface area contributed by atoms with Crippen molar-refractivity contribution in [3.05, 3.63) is 80.9 Å². The second-order valence-corrected chi connectivity index (χ2v) is 4.74. The van der Waals surface area contributed by atoms with Gasteiger partial charge in [0.2, 0.25) is 5.76 Å². The quantitative estimate of drug-likeness (QED) is 0.481. The summed E-state index contributed by atoms with van der Waals surface area (Å²) in [6.45, 7) is 1.90. The van der Waals surface area contributed by atoms with Crippen LogP contribution in [0.4, 0.5) is 0 Å². The van der Waals surface area contributed by atoms with Crippen LogP contribution >= 0.6 is 0 Å². The summed E-state index contributed by atoms with van der Waals surface area (Å²) in [5, 5.41) is 11.4. The van der Waals surface area contributed by atoms with Gasteiger partial charge in [-0.2, -0.15) is 0 Å². The zero-order chi connectivity index (χ0) is 15.0. The molecule has 1 heterocycles. The molecular formula is C16H11NO4. The second-order valence-electron chi connectivity index (χ2n) is 4.74. The van der Waals surface area contributed by atoms with E-state index in [0.29, 0.717) is 16.7 Å². The second kappa shape index (κ2) is 4.86. The Balaban J connectivity index is 2.25. The molecule has 104 valence electrons. The molecule has 0 N–H and O–H groups in total. The fourth-order valence-electron chi connectivity index (χ4n) is 2.27. The maximum absolute atomic E-state index is 11.8. The zero-order valence-electron chi connectivity index (χ0n) is 11.2. The first-order valence-electron chi connectivity index (χ1n) is 6.35. The average molecular weight is 281 g/mol. The number of nitrogens with zero attached hydrogens (tertiary/aromatic N) is 1. The number of hydrogen-bond donors (Lipinski definition) is 0. The van der Waals surface area contributed by atoms with Crippen molar-refractivity contribution in [1.29, 1.82) is 0 Å². The number of carbonyl (C=O) groups excluding carboxylic acids is 1. The number of carbonyl (C=O) groups is 1. The lowest BCUT2D eigenvalue weighted by Gasteiger charge is -2.03. The van der Waals surface area contributed by atoms with Crippen molar-refractivity contribution in [3.63, 3.8) is 0 Å². The summed E-state index contributed by atoms with van der Waals surface area (Å²) < 4.78 is 5.14. The largest absolute Gasteiger partial charge is 0.415 e. The molecule has 0 amide bonds. The minimum absolute atomic E-state index is 0.00412. The maximum Gasteiger partial charge on any atom is 0.344 e. The molecule has 21 heavy (non-hydrogen) atoms. The van der Waals surface area contributed by atoms with Gasteiger partial charge in [0.15, 0.2) is 0 Å². The summed E-state index contributed by atoms with van der Waals surface area (Å²) in [6.07, 6.45) is 0. The Hall–Kier alpha value is -2.95. The Bertz CT molecular complexity index is 775. The van der Waals surface area contributed by atoms with E-state index in [1.807, 2.05) is 6.92 Å². The Labute approximate surface area is 120 Å². The van der Waals surface area contributed by atoms with Crippen LogP contribution in [0.25, 0.3) is 11.5 Å². The zero-order valence-corrected chi connectivity index (χ0v) is 11.2. The Morgan fingerprint density at radius 2 is 1.67 bits per heavy atom. The van der Waals surface area contributed by atoms with E-state index in [-0.39, 0.29) is 11.5 Å². The molecule has 0 spiro atoms. The number of cyclic esters (lactones) is 1. The molecule has 1 aliphatic heterocycles. The summed E-state index contributed by atoms with van der Waals surface area (Å²) >= 11 is 0. The van der Waals surface area contributed by atoms with E-state index in [0.717, 1.165) is 5.56 Å². The fraction of sp³-hybridized carbons (Fsp3) is 0.0625. The summed E-state index contributed by atoms with van der Waals surface area (Å²) in [5.74, 6) is -0.559. The van der Waals surface area contributed by atoms with Gasteiger partial charge in [-0.1, -0.05) is 35.9 Å². The Morgan fingerprint density at radius 3 is 2.29 bits per heavy atom. The van der Waals surface area contributed by atoms with Crippen LogP contribution in [-0.4, -0.2) is 10.9 Å². The molecule has 0 fully saturated rings. The first kappa shape index (κ1) is 13.1. The number of esters is 1. The molecule has 1 aliphatic rings. The highest BCUT2D eigenvalue weighted by molar-refractivity contribution is 6.06. The number of fused-ring (bicyclic) bond motifs is 1. The van der Waals surface area contributed by atoms with Crippen LogP contribution in [0, 0.1) is 17.0 Å². The van der Waals surface area contributed by atoms with Crippen LogP contribution in [0.15, 0.2) is 48.5 Å². The SMILES string of the molecule is Cc1ccc(/C(=C2/OC(=O)c3ccccc32)[N+](=O)[O-])cc1. The topological polar surface area (TPSA) is 69.4 Å². The van der Waals surface area contributed by atoms with E-state index < -0.39 is 10.9 Å². The molecule has 0 saturated carbocycles. The smallest absolute Gasteiger partial charge is 0.344 e. The normalized spacial score (nSPS) is 15.4. The van der Waals surface area contributed by atoms with Gasteiger partial charge in [0.05, 0.1) is 16.1 Å². The third-order valence-electron chi connectivity index (χ3n) is 3.31. The van der Waals surface area contributed by atoms with Crippen molar-refractivity contribution in [2.45, 2.75) is 6.92 Å². The van der Waals surface area contributed by atoms with Crippen molar-refractivity contribution in [1.82, 2.24) is 0 Å². The van der Waals surface area contributed by atoms with Gasteiger partial charge in [-0.3, -0.25) is 10.1 Å². The molecular weight excluding hydrogens is 270 g/mol. The van der Waals surface area contributed by atoms with Gasteiger partial charge < -0.3 is 4.74 Å². The van der Waals surface area contributed by atoms with Crippen LogP contribution in [0.1, 0.15) is 27.0 Å². The molecule has 2 aromatic rings. The van der Waals surface area contributed by atoms with Crippen LogP contribution in [0.2, 0.25) is 0 Å². The molecule has 0 radical (unpaired) electrons. The van der Waals surface area contributed by atoms with E-state index in [1.54, 1.807) is 48.5 Å². The lowest BCUT2D eigenvalue weighted by molar-refractivity contribution is -0.375. The number of hydrogen-bond acceptors (Lipinski definition) is 4. The maximum atomic E-state index is 11.8. The summed E-state index contributed by atoms with van der Waals surface area (Å²) in [5.41, 5.74) is 2.00. The summed E-state index contributed by atoms with van der Waals surface area (Å²) in [7, 11) is 0. The molecule has 0 aromatic heterocycles. The van der Waals surface area contributed by atoms with E-state index in [4.69, 9.17) is 4.74 Å². The number of nitro groups is 1. The summed E-state index contributed by atoms with van der Waals surface area (Å²) in [4.78, 5) is 22.7. The molecule has 2 aromatic carbocycles. The first-order chi connectivity index (χ1) is 10.1. The fourth-order valence-corrected chi connectivity index (χ4v) is 2.27. The van der Waals surface area contributed by atoms with Crippen LogP contribution in [-0.2, 0) is 4.74 Å². The van der Waals surface area contributed by atoms with Gasteiger partial charge in [0.1, 0.15) is 0 Å². The minimum Gasteiger partial charge on any atom is -0.415 e. The van der Waals surface area contributed by atoms with Gasteiger partial charge in [-0.15, -0.1) is 0 Å². The lowest BCUT2D eigenvalue weighted by Crippen LogP contribution is -2.02. The van der Waals surface area contributed by atoms with E-state index in [9.17, 15) is 14.9 Å². The van der Waals surface area contributed by atoms with Crippen molar-refractivity contribution in [2.24, 2.45) is 0 Å². The molecule has 5 heteroatoms. The number of benzene rings is 2. The highest BCUT2D eigenvalue weighted by Gasteiger charge is 2.34. The molecule has 0 aliphatic carbocycles. The Morgan fingerprint density at radius 1 is 1.05 bits per heavy atom. The van der Waals surface area contributed by atoms with Gasteiger partial charge >= 0.3 is 11.7 Å². The van der Waals surface area contributed by atoms with Crippen LogP contribution in [0.3, 0.4) is 0 Å². The van der Waals surface area contributed by atoms with Gasteiger partial charge in [-0.05, 0) is 25.1 Å². The molecule has 0 unspecified atom stereocenters. The summed E-state index contributed by atoms with van der Waals surface area (Å²) in [6, 6.07) is 13.5. The van der Waals surface area contributed by atoms with Crippen molar-refractivity contribution < 1.29 is 14.5 Å². The molecule has 0 saturated heterocycles. The predicted octanol–water partition coefficient (Wildman–Crippen LogP) is 3.27. The van der Waals surface area contributed by atoms with Crippen molar-refractivity contribution >= 4 is 17.4 Å². The van der Waals surface area contributed by atoms with Crippen LogP contribution in [0.5, 0.6) is 0 Å². The minimum atomic E-state index is -0.563. The van der Waals surface area contributed by atoms with Crippen molar-refractivity contribution in [2.75, 3.05) is 0 Å². The third kappa shape index (κ3) is 2.18. The number of rotatable bonds is 2. The van der Waals surface area contributed by atoms with Gasteiger partial charge in [0, 0.05) is 5.56 Å². The molecule has 0 atom stereocenters. The van der Waals surface area contributed by atoms with Gasteiger partial charge in [0.25, 0.3) is 0 Å². The molecule has 5 nitrogen and oxygen atoms in total. The molecule has 0 bridgehead atoms. The van der Waals surface area contributed by atoms with E-state index >= 15 is 0 Å². The highest BCUT2D eigenvalue weighted by Crippen LogP contribution is 2.35. The van der Waals surface area contributed by atoms with Crippen LogP contribution < -0.4 is 0 Å². The third-order valence-corrected chi connectivity index (χ3v) is 3.31. The standard InChI is InChI=1S/C16H11NO4/c1-10-6-8-11(9-7-10)14(17(19)20)15-12-4-2-3-5-13(12)16(18)21-15/h2-9H,1H3/b15-14-. The molecule has 3 rings (SSSR count). The van der Waals surface area contributed by atoms with Gasteiger partial charge in [-0.25, -0.2) is 4.79 Å². The Kier molecular flexibility index (Phi) is 3.02. The number of aryl methyl sites for hydroxylation is 1. The van der Waals surface area contributed by atoms with Crippen molar-refractivity contribution in [3.8, 4) is 0 Å². The number of ether oxygens (including phenoxy) is 1. The van der Waals surface area contributed by atoms with E-state index in [2.05, 4.69) is 0 Å². The predicted molar refractivity (Wildman–Crippen MR) is 76.8 cm³/mol. The average Bonchev–Trinajstić information content (AvgIpc) is 2.79. The monoisotopic (exact) mass is 281 g/mol.